The van der Waals surface area contributed by atoms with Crippen LogP contribution in [-0.4, -0.2) is 60.6 Å². The molecule has 1 aromatic carbocycles. The van der Waals surface area contributed by atoms with E-state index in [0.29, 0.717) is 24.4 Å². The first-order valence-electron chi connectivity index (χ1n) is 11.0. The molecule has 0 aliphatic carbocycles. The summed E-state index contributed by atoms with van der Waals surface area (Å²) >= 11 is 0. The number of methoxy groups -OCH3 is 1. The normalized spacial score (nSPS) is 21.7. The van der Waals surface area contributed by atoms with Crippen LogP contribution < -0.4 is 10.1 Å². The Kier molecular flexibility index (Phi) is 8.95. The summed E-state index contributed by atoms with van der Waals surface area (Å²) in [6, 6.07) is 17.4. The molecule has 0 radical (unpaired) electrons. The number of nitrogens with zero attached hydrogens (tertiary/aromatic N) is 4. The van der Waals surface area contributed by atoms with Gasteiger partial charge in [0.1, 0.15) is 0 Å². The summed E-state index contributed by atoms with van der Waals surface area (Å²) < 4.78 is 5.23. The quantitative estimate of drug-likeness (QED) is 0.359. The van der Waals surface area contributed by atoms with Crippen LogP contribution in [0.5, 0.6) is 5.88 Å². The second-order valence-corrected chi connectivity index (χ2v) is 8.23. The molecule has 4 rings (SSSR count). The number of hydrogen-bond donors (Lipinski definition) is 1. The van der Waals surface area contributed by atoms with Gasteiger partial charge >= 0.3 is 0 Å². The van der Waals surface area contributed by atoms with Crippen LogP contribution in [0.1, 0.15) is 30.5 Å². The van der Waals surface area contributed by atoms with E-state index in [9.17, 15) is 0 Å². The number of piperidine rings is 2. The second-order valence-electron chi connectivity index (χ2n) is 8.23. The zero-order valence-electron chi connectivity index (χ0n) is 18.5. The minimum atomic E-state index is 0. The topological polar surface area (TPSA) is 53.0 Å². The zero-order chi connectivity index (χ0) is 20.8. The van der Waals surface area contributed by atoms with Crippen LogP contribution in [-0.2, 0) is 13.1 Å². The number of likely N-dealkylation sites (tertiary alicyclic amines) is 2. The van der Waals surface area contributed by atoms with E-state index in [4.69, 9.17) is 4.74 Å². The largest absolute Gasteiger partial charge is 0.481 e. The fraction of sp³-hybridized carbons (Fsp3) is 0.500. The van der Waals surface area contributed by atoms with Crippen LogP contribution in [0.15, 0.2) is 53.5 Å². The molecule has 7 heteroatoms. The van der Waals surface area contributed by atoms with Crippen molar-refractivity contribution in [2.45, 2.75) is 38.4 Å². The molecule has 2 unspecified atom stereocenters. The Morgan fingerprint density at radius 1 is 1.13 bits per heavy atom. The number of guanidine groups is 1. The van der Waals surface area contributed by atoms with Crippen LogP contribution in [0, 0.1) is 5.92 Å². The van der Waals surface area contributed by atoms with E-state index < -0.39 is 0 Å². The predicted octanol–water partition coefficient (Wildman–Crippen LogP) is 3.77. The molecule has 2 atom stereocenters. The third-order valence-electron chi connectivity index (χ3n) is 6.34. The molecule has 1 N–H and O–H groups in total. The summed E-state index contributed by atoms with van der Waals surface area (Å²) in [6.07, 6.45) is 3.78. The van der Waals surface area contributed by atoms with Gasteiger partial charge in [-0.15, -0.1) is 24.0 Å². The lowest BCUT2D eigenvalue weighted by molar-refractivity contribution is 0.0372. The highest BCUT2D eigenvalue weighted by Gasteiger charge is 2.36. The van der Waals surface area contributed by atoms with Crippen molar-refractivity contribution in [3.63, 3.8) is 0 Å². The van der Waals surface area contributed by atoms with Gasteiger partial charge in [0.15, 0.2) is 5.96 Å². The van der Waals surface area contributed by atoms with Crippen LogP contribution in [0.25, 0.3) is 0 Å². The number of rotatable bonds is 5. The van der Waals surface area contributed by atoms with E-state index in [0.717, 1.165) is 31.3 Å². The molecular weight excluding hydrogens is 501 g/mol. The van der Waals surface area contributed by atoms with Crippen LogP contribution >= 0.6 is 24.0 Å². The van der Waals surface area contributed by atoms with Crippen molar-refractivity contribution in [2.24, 2.45) is 10.9 Å². The number of benzene rings is 1. The number of nitrogens with one attached hydrogen (secondary N) is 1. The van der Waals surface area contributed by atoms with E-state index in [-0.39, 0.29) is 24.0 Å². The maximum atomic E-state index is 5.23. The molecular formula is C24H34IN5O. The lowest BCUT2D eigenvalue weighted by atomic mass is 9.83. The van der Waals surface area contributed by atoms with E-state index in [1.165, 1.54) is 31.4 Å². The van der Waals surface area contributed by atoms with Gasteiger partial charge in [0.25, 0.3) is 0 Å². The number of fused-ring (bicyclic) bond motifs is 1. The zero-order valence-corrected chi connectivity index (χ0v) is 20.9. The second kappa shape index (κ2) is 11.7. The Morgan fingerprint density at radius 3 is 2.74 bits per heavy atom. The molecule has 2 saturated heterocycles. The Hall–Kier alpha value is -1.87. The summed E-state index contributed by atoms with van der Waals surface area (Å²) in [4.78, 5) is 14.2. The molecule has 2 aliphatic heterocycles. The lowest BCUT2D eigenvalue weighted by Gasteiger charge is -2.48. The maximum absolute atomic E-state index is 5.23. The van der Waals surface area contributed by atoms with Gasteiger partial charge in [-0.3, -0.25) is 9.89 Å². The predicted molar refractivity (Wildman–Crippen MR) is 136 cm³/mol. The minimum absolute atomic E-state index is 0. The van der Waals surface area contributed by atoms with Crippen molar-refractivity contribution in [2.75, 3.05) is 33.8 Å². The third-order valence-corrected chi connectivity index (χ3v) is 6.34. The van der Waals surface area contributed by atoms with Crippen LogP contribution in [0.2, 0.25) is 0 Å². The number of aliphatic imine (C=N–C) groups is 1. The summed E-state index contributed by atoms with van der Waals surface area (Å²) in [5, 5.41) is 3.50. The highest BCUT2D eigenvalue weighted by atomic mass is 127. The number of aromatic nitrogens is 1. The number of halogens is 1. The fourth-order valence-electron chi connectivity index (χ4n) is 4.88. The highest BCUT2D eigenvalue weighted by molar-refractivity contribution is 14.0. The monoisotopic (exact) mass is 535 g/mol. The minimum Gasteiger partial charge on any atom is -0.481 e. The number of ether oxygens (including phenoxy) is 1. The van der Waals surface area contributed by atoms with Gasteiger partial charge in [0.05, 0.1) is 19.3 Å². The van der Waals surface area contributed by atoms with Crippen molar-refractivity contribution in [3.8, 4) is 5.88 Å². The third kappa shape index (κ3) is 6.10. The van der Waals surface area contributed by atoms with E-state index >= 15 is 0 Å². The van der Waals surface area contributed by atoms with Gasteiger partial charge in [-0.2, -0.15) is 0 Å². The van der Waals surface area contributed by atoms with Gasteiger partial charge in [-0.25, -0.2) is 4.98 Å². The Labute approximate surface area is 203 Å². The Morgan fingerprint density at radius 2 is 1.97 bits per heavy atom. The van der Waals surface area contributed by atoms with Gasteiger partial charge in [0.2, 0.25) is 5.88 Å². The summed E-state index contributed by atoms with van der Waals surface area (Å²) in [6.45, 7) is 5.04. The summed E-state index contributed by atoms with van der Waals surface area (Å²) in [5.41, 5.74) is 2.38. The van der Waals surface area contributed by atoms with Crippen molar-refractivity contribution in [1.82, 2.24) is 20.1 Å². The summed E-state index contributed by atoms with van der Waals surface area (Å²) in [5.74, 6) is 2.31. The standard InChI is InChI=1S/C24H33N5O.HI/c1-25-24(26-16-21-11-6-12-23(27-21)30-2)29-15-13-22-20(18-29)10-7-14-28(22)17-19-8-4-3-5-9-19;/h3-6,8-9,11-12,20,22H,7,10,13-18H2,1-2H3,(H,25,26);1H. The van der Waals surface area contributed by atoms with E-state index in [2.05, 4.69) is 55.4 Å². The molecule has 168 valence electrons. The smallest absolute Gasteiger partial charge is 0.213 e. The van der Waals surface area contributed by atoms with Gasteiger partial charge in [-0.1, -0.05) is 36.4 Å². The van der Waals surface area contributed by atoms with Crippen molar-refractivity contribution < 1.29 is 4.74 Å². The van der Waals surface area contributed by atoms with E-state index in [1.54, 1.807) is 7.11 Å². The number of hydrogen-bond acceptors (Lipinski definition) is 4. The van der Waals surface area contributed by atoms with Gasteiger partial charge in [-0.05, 0) is 43.4 Å². The maximum Gasteiger partial charge on any atom is 0.213 e. The fourth-order valence-corrected chi connectivity index (χ4v) is 4.88. The molecule has 0 bridgehead atoms. The van der Waals surface area contributed by atoms with Crippen molar-refractivity contribution in [1.29, 1.82) is 0 Å². The average molecular weight is 535 g/mol. The molecule has 2 aliphatic rings. The molecule has 2 fully saturated rings. The Bertz CT molecular complexity index is 847. The Balaban J connectivity index is 0.00000272. The molecule has 6 nitrogen and oxygen atoms in total. The molecule has 3 heterocycles. The lowest BCUT2D eigenvalue weighted by Crippen LogP contribution is -2.56. The first-order chi connectivity index (χ1) is 14.8. The highest BCUT2D eigenvalue weighted by Crippen LogP contribution is 2.31. The van der Waals surface area contributed by atoms with Gasteiger partial charge < -0.3 is 15.0 Å². The molecule has 31 heavy (non-hydrogen) atoms. The molecule has 0 saturated carbocycles. The first-order valence-corrected chi connectivity index (χ1v) is 11.0. The molecule has 0 amide bonds. The summed E-state index contributed by atoms with van der Waals surface area (Å²) in [7, 11) is 3.52. The van der Waals surface area contributed by atoms with Crippen molar-refractivity contribution in [3.05, 3.63) is 59.8 Å². The molecule has 0 spiro atoms. The van der Waals surface area contributed by atoms with Crippen LogP contribution in [0.4, 0.5) is 0 Å². The average Bonchev–Trinajstić information content (AvgIpc) is 2.80. The van der Waals surface area contributed by atoms with Crippen molar-refractivity contribution >= 4 is 29.9 Å². The van der Waals surface area contributed by atoms with Gasteiger partial charge in [0, 0.05) is 38.8 Å². The number of pyridine rings is 1. The molecule has 2 aromatic rings. The molecule has 1 aromatic heterocycles. The van der Waals surface area contributed by atoms with E-state index in [1.807, 2.05) is 25.2 Å². The first kappa shape index (κ1) is 23.8. The SMILES string of the molecule is CN=C(NCc1cccc(OC)n1)N1CCC2C(CCCN2Cc2ccccc2)C1.I. The van der Waals surface area contributed by atoms with Crippen LogP contribution in [0.3, 0.4) is 0 Å².